The molecule has 0 radical (unpaired) electrons. The fourth-order valence-corrected chi connectivity index (χ4v) is 11.2. The molecule has 3 aromatic heterocycles. The molecule has 76 heavy (non-hydrogen) atoms. The number of fused-ring (bicyclic) bond motifs is 20. The molecule has 2 N–H and O–H groups in total. The van der Waals surface area contributed by atoms with Gasteiger partial charge in [0.05, 0.1) is 21.9 Å². The lowest BCUT2D eigenvalue weighted by Gasteiger charge is -2.26. The highest BCUT2D eigenvalue weighted by molar-refractivity contribution is 6.13. The van der Waals surface area contributed by atoms with Crippen LogP contribution in [0.15, 0.2) is 72.8 Å². The molecule has 12 heteroatoms. The first-order chi connectivity index (χ1) is 37.4. The number of benzene rings is 4. The maximum absolute atomic E-state index is 5.76. The van der Waals surface area contributed by atoms with E-state index >= 15 is 0 Å². The van der Waals surface area contributed by atoms with Crippen molar-refractivity contribution in [2.45, 2.75) is 158 Å². The average molecular weight is 1020 g/mol. The minimum absolute atomic E-state index is 0.638. The van der Waals surface area contributed by atoms with Gasteiger partial charge in [-0.1, -0.05) is 155 Å². The SMILES string of the molecule is CCCCN(CCCC)c1cccc2c1-c1nc-2nc2[nH]c(nc3nc(nc4[nH]c(n1)c1cccc(N(CCCC)CCCC)c41)-c1c-3cccc1N(CCCC)CCCC)c1cccc(N(CCCC)CCCC)c21. The second-order valence-electron chi connectivity index (χ2n) is 21.2. The van der Waals surface area contributed by atoms with Gasteiger partial charge in [0.25, 0.3) is 0 Å². The molecule has 0 spiro atoms. The van der Waals surface area contributed by atoms with E-state index in [-0.39, 0.29) is 0 Å². The van der Waals surface area contributed by atoms with Gasteiger partial charge in [-0.2, -0.15) is 0 Å². The first-order valence-corrected chi connectivity index (χ1v) is 29.7. The van der Waals surface area contributed by atoms with Gasteiger partial charge in [0.2, 0.25) is 0 Å². The van der Waals surface area contributed by atoms with Crippen molar-refractivity contribution < 1.29 is 0 Å². The third-order valence-corrected chi connectivity index (χ3v) is 15.5. The van der Waals surface area contributed by atoms with E-state index in [9.17, 15) is 0 Å². The molecule has 0 fully saturated rings. The van der Waals surface area contributed by atoms with E-state index in [1.807, 2.05) is 0 Å². The number of aromatic nitrogens is 8. The largest absolute Gasteiger partial charge is 0.371 e. The van der Waals surface area contributed by atoms with Crippen LogP contribution in [0.1, 0.15) is 158 Å². The van der Waals surface area contributed by atoms with E-state index in [4.69, 9.17) is 29.9 Å². The molecular weight excluding hydrogens is 937 g/mol. The van der Waals surface area contributed by atoms with E-state index < -0.39 is 0 Å². The van der Waals surface area contributed by atoms with E-state index in [0.29, 0.717) is 23.3 Å². The highest BCUT2D eigenvalue weighted by Gasteiger charge is 2.29. The summed E-state index contributed by atoms with van der Waals surface area (Å²) < 4.78 is 0. The molecule has 2 aliphatic rings. The van der Waals surface area contributed by atoms with Crippen LogP contribution in [-0.4, -0.2) is 92.2 Å². The second-order valence-corrected chi connectivity index (χ2v) is 21.2. The Labute approximate surface area is 453 Å². The highest BCUT2D eigenvalue weighted by Crippen LogP contribution is 2.45. The molecule has 0 unspecified atom stereocenters. The first kappa shape index (κ1) is 54.2. The van der Waals surface area contributed by atoms with Crippen LogP contribution < -0.4 is 19.6 Å². The Balaban J connectivity index is 1.46. The van der Waals surface area contributed by atoms with Gasteiger partial charge in [0.15, 0.2) is 23.3 Å². The lowest BCUT2D eigenvalue weighted by atomic mass is 10.0. The van der Waals surface area contributed by atoms with Gasteiger partial charge in [-0.25, -0.2) is 29.9 Å². The quantitative estimate of drug-likeness (QED) is 0.0490. The Kier molecular flexibility index (Phi) is 18.5. The molecule has 0 saturated carbocycles. The molecule has 12 nitrogen and oxygen atoms in total. The zero-order valence-electron chi connectivity index (χ0n) is 47.4. The van der Waals surface area contributed by atoms with Crippen molar-refractivity contribution in [3.8, 4) is 45.6 Å². The zero-order chi connectivity index (χ0) is 53.0. The van der Waals surface area contributed by atoms with Crippen LogP contribution >= 0.6 is 0 Å². The number of hydrogen-bond acceptors (Lipinski definition) is 10. The third kappa shape index (κ3) is 11.4. The summed E-state index contributed by atoms with van der Waals surface area (Å²) in [5.74, 6) is 2.59. The predicted octanol–water partition coefficient (Wildman–Crippen LogP) is 16.5. The van der Waals surface area contributed by atoms with Crippen LogP contribution in [0.4, 0.5) is 22.7 Å². The molecule has 0 atom stereocenters. The van der Waals surface area contributed by atoms with Gasteiger partial charge in [0, 0.05) is 97.0 Å². The molecule has 0 amide bonds. The maximum Gasteiger partial charge on any atom is 0.166 e. The molecule has 0 aliphatic carbocycles. The minimum Gasteiger partial charge on any atom is -0.371 e. The van der Waals surface area contributed by atoms with Gasteiger partial charge in [-0.15, -0.1) is 0 Å². The van der Waals surface area contributed by atoms with Crippen molar-refractivity contribution in [1.82, 2.24) is 39.9 Å². The smallest absolute Gasteiger partial charge is 0.166 e. The normalized spacial score (nSPS) is 11.9. The van der Waals surface area contributed by atoms with Gasteiger partial charge in [-0.3, -0.25) is 0 Å². The fourth-order valence-electron chi connectivity index (χ4n) is 11.2. The highest BCUT2D eigenvalue weighted by atomic mass is 15.2. The van der Waals surface area contributed by atoms with Crippen molar-refractivity contribution in [2.75, 3.05) is 72.0 Å². The lowest BCUT2D eigenvalue weighted by Crippen LogP contribution is -2.26. The fraction of sp³-hybridized carbons (Fsp3) is 0.500. The molecular formula is C64H86N12. The van der Waals surface area contributed by atoms with Crippen LogP contribution in [0.3, 0.4) is 0 Å². The number of unbranched alkanes of at least 4 members (excludes halogenated alkanes) is 8. The summed E-state index contributed by atoms with van der Waals surface area (Å²) in [6.45, 7) is 25.9. The summed E-state index contributed by atoms with van der Waals surface area (Å²) in [6, 6.07) is 26.6. The summed E-state index contributed by atoms with van der Waals surface area (Å²) in [7, 11) is 0. The van der Waals surface area contributed by atoms with E-state index in [1.165, 1.54) is 0 Å². The van der Waals surface area contributed by atoms with E-state index in [0.717, 1.165) is 244 Å². The van der Waals surface area contributed by atoms with Crippen molar-refractivity contribution in [3.63, 3.8) is 0 Å². The maximum atomic E-state index is 5.76. The summed E-state index contributed by atoms with van der Waals surface area (Å²) in [4.78, 5) is 51.9. The van der Waals surface area contributed by atoms with Crippen LogP contribution in [0.2, 0.25) is 0 Å². The van der Waals surface area contributed by atoms with Crippen molar-refractivity contribution in [1.29, 1.82) is 0 Å². The van der Waals surface area contributed by atoms with Crippen LogP contribution in [0.25, 0.3) is 89.7 Å². The molecule has 8 bridgehead atoms. The van der Waals surface area contributed by atoms with Gasteiger partial charge >= 0.3 is 0 Å². The number of anilines is 4. The number of aromatic amines is 2. The lowest BCUT2D eigenvalue weighted by molar-refractivity contribution is 0.678. The minimum atomic E-state index is 0.638. The summed E-state index contributed by atoms with van der Waals surface area (Å²) in [5.41, 5.74) is 11.6. The second kappa shape index (κ2) is 26.0. The summed E-state index contributed by atoms with van der Waals surface area (Å²) >= 11 is 0. The number of nitrogens with one attached hydrogen (secondary N) is 2. The zero-order valence-corrected chi connectivity index (χ0v) is 47.4. The Morgan fingerprint density at radius 3 is 0.921 bits per heavy atom. The van der Waals surface area contributed by atoms with Gasteiger partial charge in [-0.05, 0) is 75.6 Å². The number of nitrogens with zero attached hydrogens (tertiary/aromatic N) is 10. The van der Waals surface area contributed by atoms with Crippen molar-refractivity contribution in [3.05, 3.63) is 72.8 Å². The molecule has 7 aromatic rings. The van der Waals surface area contributed by atoms with Crippen LogP contribution in [0.5, 0.6) is 0 Å². The molecule has 5 heterocycles. The van der Waals surface area contributed by atoms with Gasteiger partial charge < -0.3 is 29.6 Å². The Morgan fingerprint density at radius 2 is 0.579 bits per heavy atom. The molecule has 2 aliphatic heterocycles. The summed E-state index contributed by atoms with van der Waals surface area (Å²) in [6.07, 6.45) is 17.7. The summed E-state index contributed by atoms with van der Waals surface area (Å²) in [5, 5.41) is 4.12. The average Bonchev–Trinajstić information content (AvgIpc) is 4.24. The van der Waals surface area contributed by atoms with Crippen LogP contribution in [0, 0.1) is 0 Å². The van der Waals surface area contributed by atoms with Crippen molar-refractivity contribution in [2.24, 2.45) is 0 Å². The standard InChI is InChI=1S/C64H86N12/c1-9-17-37-73(38-18-10-2)49-33-25-29-45-53(49)61-66-57(45)65-58-46-30-26-35-51(75(41-21-13-5)42-22-14-6)55(46)63(67-58)72-64-56-48(32-28-36-52(56)76(43-23-15-7)44-24-16-8)60(71-64)70-62-54-47(59(68-61)69-62)31-27-34-50(54)74(39-19-11-3)40-20-12-4/h25-36H,9-24,37-44H2,1-8H3,(H2,65,66,67,68,69,70,71,72). The first-order valence-electron chi connectivity index (χ1n) is 29.7. The van der Waals surface area contributed by atoms with E-state index in [1.54, 1.807) is 0 Å². The number of rotatable bonds is 28. The third-order valence-electron chi connectivity index (χ3n) is 15.5. The predicted molar refractivity (Wildman–Crippen MR) is 324 cm³/mol. The molecule has 4 aromatic carbocycles. The Morgan fingerprint density at radius 1 is 0.303 bits per heavy atom. The molecule has 0 saturated heterocycles. The van der Waals surface area contributed by atoms with Gasteiger partial charge in [0.1, 0.15) is 22.6 Å². The topological polar surface area (TPSA) is 122 Å². The monoisotopic (exact) mass is 1020 g/mol. The number of hydrogen-bond donors (Lipinski definition) is 2. The Hall–Kier alpha value is -6.56. The van der Waals surface area contributed by atoms with E-state index in [2.05, 4.69) is 158 Å². The van der Waals surface area contributed by atoms with Crippen LogP contribution in [-0.2, 0) is 0 Å². The number of H-pyrrole nitrogens is 2. The Bertz CT molecular complexity index is 3190. The van der Waals surface area contributed by atoms with Crippen molar-refractivity contribution >= 4 is 66.9 Å². The molecule has 402 valence electrons. The molecule has 9 rings (SSSR count).